The summed E-state index contributed by atoms with van der Waals surface area (Å²) in [6.45, 7) is 1.84. The van der Waals surface area contributed by atoms with Crippen molar-refractivity contribution in [3.8, 4) is 0 Å². The van der Waals surface area contributed by atoms with E-state index in [1.165, 1.54) is 24.0 Å². The third-order valence-corrected chi connectivity index (χ3v) is 4.50. The highest BCUT2D eigenvalue weighted by atomic mass is 19.4. The van der Waals surface area contributed by atoms with Gasteiger partial charge in [0.15, 0.2) is 0 Å². The number of amides is 2. The van der Waals surface area contributed by atoms with E-state index in [9.17, 15) is 22.8 Å². The van der Waals surface area contributed by atoms with Gasteiger partial charge < -0.3 is 10.2 Å². The molecule has 2 rings (SSSR count). The van der Waals surface area contributed by atoms with E-state index >= 15 is 0 Å². The maximum Gasteiger partial charge on any atom is 0.416 e. The standard InChI is InChI=1S/C18H23F3N2O2/c1-13(24)23(16-9-7-15(8-10-16)18(19,20)21)12-11-22-17(25)14-5-3-2-4-6-14/h7-10,14H,2-6,11-12H2,1H3,(H,22,25). The Kier molecular flexibility index (Phi) is 6.45. The molecular formula is C18H23F3N2O2. The van der Waals surface area contributed by atoms with E-state index in [0.717, 1.165) is 44.2 Å². The van der Waals surface area contributed by atoms with E-state index in [4.69, 9.17) is 0 Å². The Morgan fingerprint density at radius 2 is 1.72 bits per heavy atom. The Labute approximate surface area is 145 Å². The highest BCUT2D eigenvalue weighted by Crippen LogP contribution is 2.30. The van der Waals surface area contributed by atoms with Crippen LogP contribution in [0.1, 0.15) is 44.6 Å². The molecule has 0 aliphatic heterocycles. The molecule has 0 heterocycles. The second-order valence-electron chi connectivity index (χ2n) is 6.34. The lowest BCUT2D eigenvalue weighted by atomic mass is 9.89. The molecule has 0 bridgehead atoms. The summed E-state index contributed by atoms with van der Waals surface area (Å²) in [6, 6.07) is 4.44. The number of carbonyl (C=O) groups is 2. The van der Waals surface area contributed by atoms with Crippen LogP contribution in [0, 0.1) is 5.92 Å². The van der Waals surface area contributed by atoms with Crippen LogP contribution in [0.25, 0.3) is 0 Å². The lowest BCUT2D eigenvalue weighted by molar-refractivity contribution is -0.137. The molecular weight excluding hydrogens is 333 g/mol. The zero-order valence-electron chi connectivity index (χ0n) is 14.2. The maximum atomic E-state index is 12.6. The molecule has 0 aromatic heterocycles. The molecule has 1 aromatic carbocycles. The van der Waals surface area contributed by atoms with Gasteiger partial charge in [0.1, 0.15) is 0 Å². The zero-order valence-corrected chi connectivity index (χ0v) is 14.2. The summed E-state index contributed by atoms with van der Waals surface area (Å²) < 4.78 is 37.9. The number of carbonyl (C=O) groups excluding carboxylic acids is 2. The van der Waals surface area contributed by atoms with Gasteiger partial charge >= 0.3 is 6.18 Å². The topological polar surface area (TPSA) is 49.4 Å². The van der Waals surface area contributed by atoms with Gasteiger partial charge in [0.05, 0.1) is 5.56 Å². The quantitative estimate of drug-likeness (QED) is 0.873. The second-order valence-corrected chi connectivity index (χ2v) is 6.34. The van der Waals surface area contributed by atoms with Gasteiger partial charge in [-0.15, -0.1) is 0 Å². The van der Waals surface area contributed by atoms with E-state index in [-0.39, 0.29) is 30.8 Å². The lowest BCUT2D eigenvalue weighted by Crippen LogP contribution is -2.40. The van der Waals surface area contributed by atoms with E-state index < -0.39 is 11.7 Å². The van der Waals surface area contributed by atoms with Gasteiger partial charge in [-0.2, -0.15) is 13.2 Å². The molecule has 4 nitrogen and oxygen atoms in total. The van der Waals surface area contributed by atoms with Gasteiger partial charge in [0.25, 0.3) is 0 Å². The third-order valence-electron chi connectivity index (χ3n) is 4.50. The van der Waals surface area contributed by atoms with E-state index in [2.05, 4.69) is 5.32 Å². The normalized spacial score (nSPS) is 15.7. The Morgan fingerprint density at radius 1 is 1.12 bits per heavy atom. The number of benzene rings is 1. The molecule has 0 atom stereocenters. The second kappa shape index (κ2) is 8.36. The van der Waals surface area contributed by atoms with Crippen LogP contribution in [-0.2, 0) is 15.8 Å². The van der Waals surface area contributed by atoms with Crippen LogP contribution < -0.4 is 10.2 Å². The van der Waals surface area contributed by atoms with Crippen LogP contribution in [0.15, 0.2) is 24.3 Å². The summed E-state index contributed by atoms with van der Waals surface area (Å²) in [7, 11) is 0. The van der Waals surface area contributed by atoms with E-state index in [1.54, 1.807) is 0 Å². The van der Waals surface area contributed by atoms with Crippen LogP contribution in [-0.4, -0.2) is 24.9 Å². The minimum absolute atomic E-state index is 0.00405. The molecule has 7 heteroatoms. The van der Waals surface area contributed by atoms with Crippen molar-refractivity contribution in [2.45, 2.75) is 45.2 Å². The van der Waals surface area contributed by atoms with Gasteiger partial charge in [-0.1, -0.05) is 19.3 Å². The molecule has 0 radical (unpaired) electrons. The number of halogens is 3. The molecule has 0 spiro atoms. The van der Waals surface area contributed by atoms with Gasteiger partial charge in [-0.25, -0.2) is 0 Å². The molecule has 1 N–H and O–H groups in total. The van der Waals surface area contributed by atoms with Crippen molar-refractivity contribution in [2.24, 2.45) is 5.92 Å². The Bertz CT molecular complexity index is 593. The number of rotatable bonds is 5. The van der Waals surface area contributed by atoms with E-state index in [1.807, 2.05) is 0 Å². The Hall–Kier alpha value is -2.05. The monoisotopic (exact) mass is 356 g/mol. The third kappa shape index (κ3) is 5.47. The van der Waals surface area contributed by atoms with Crippen LogP contribution >= 0.6 is 0 Å². The maximum absolute atomic E-state index is 12.6. The zero-order chi connectivity index (χ0) is 18.4. The summed E-state index contributed by atoms with van der Waals surface area (Å²) in [5.41, 5.74) is -0.377. The summed E-state index contributed by atoms with van der Waals surface area (Å²) in [5, 5.41) is 2.83. The number of hydrogen-bond acceptors (Lipinski definition) is 2. The van der Waals surface area contributed by atoms with Crippen LogP contribution in [0.3, 0.4) is 0 Å². The first-order valence-corrected chi connectivity index (χ1v) is 8.52. The number of nitrogens with zero attached hydrogens (tertiary/aromatic N) is 1. The predicted octanol–water partition coefficient (Wildman–Crippen LogP) is 3.75. The smallest absolute Gasteiger partial charge is 0.354 e. The van der Waals surface area contributed by atoms with Crippen LogP contribution in [0.2, 0.25) is 0 Å². The van der Waals surface area contributed by atoms with Crippen molar-refractivity contribution in [1.82, 2.24) is 5.32 Å². The van der Waals surface area contributed by atoms with Crippen molar-refractivity contribution in [3.05, 3.63) is 29.8 Å². The molecule has 1 saturated carbocycles. The molecule has 1 aromatic rings. The molecule has 25 heavy (non-hydrogen) atoms. The average molecular weight is 356 g/mol. The average Bonchev–Trinajstić information content (AvgIpc) is 2.58. The predicted molar refractivity (Wildman–Crippen MR) is 89.1 cm³/mol. The lowest BCUT2D eigenvalue weighted by Gasteiger charge is -2.24. The number of hydrogen-bond donors (Lipinski definition) is 1. The molecule has 1 aliphatic carbocycles. The molecule has 0 unspecified atom stereocenters. The number of alkyl halides is 3. The number of anilines is 1. The van der Waals surface area contributed by atoms with Crippen molar-refractivity contribution >= 4 is 17.5 Å². The SMILES string of the molecule is CC(=O)N(CCNC(=O)C1CCCCC1)c1ccc(C(F)(F)F)cc1. The fourth-order valence-electron chi connectivity index (χ4n) is 3.10. The highest BCUT2D eigenvalue weighted by Gasteiger charge is 2.30. The summed E-state index contributed by atoms with van der Waals surface area (Å²) in [6.07, 6.45) is 0.651. The highest BCUT2D eigenvalue weighted by molar-refractivity contribution is 5.91. The first-order valence-electron chi connectivity index (χ1n) is 8.52. The van der Waals surface area contributed by atoms with Gasteiger partial charge in [0, 0.05) is 31.6 Å². The van der Waals surface area contributed by atoms with Crippen molar-refractivity contribution < 1.29 is 22.8 Å². The molecule has 0 saturated heterocycles. The minimum atomic E-state index is -4.41. The van der Waals surface area contributed by atoms with Crippen LogP contribution in [0.4, 0.5) is 18.9 Å². The molecule has 1 aliphatic rings. The number of nitrogens with one attached hydrogen (secondary N) is 1. The van der Waals surface area contributed by atoms with E-state index in [0.29, 0.717) is 5.69 Å². The first kappa shape index (κ1) is 19.3. The molecule has 2 amide bonds. The van der Waals surface area contributed by atoms with Crippen molar-refractivity contribution in [3.63, 3.8) is 0 Å². The molecule has 138 valence electrons. The Balaban J connectivity index is 1.92. The molecule has 1 fully saturated rings. The fraction of sp³-hybridized carbons (Fsp3) is 0.556. The summed E-state index contributed by atoms with van der Waals surface area (Å²) >= 11 is 0. The Morgan fingerprint density at radius 3 is 2.24 bits per heavy atom. The first-order chi connectivity index (χ1) is 11.8. The fourth-order valence-corrected chi connectivity index (χ4v) is 3.10. The van der Waals surface area contributed by atoms with Crippen LogP contribution in [0.5, 0.6) is 0 Å². The van der Waals surface area contributed by atoms with Gasteiger partial charge in [-0.05, 0) is 37.1 Å². The van der Waals surface area contributed by atoms with Crippen molar-refractivity contribution in [2.75, 3.05) is 18.0 Å². The van der Waals surface area contributed by atoms with Crippen molar-refractivity contribution in [1.29, 1.82) is 0 Å². The van der Waals surface area contributed by atoms with Gasteiger partial charge in [-0.3, -0.25) is 9.59 Å². The largest absolute Gasteiger partial charge is 0.416 e. The summed E-state index contributed by atoms with van der Waals surface area (Å²) in [4.78, 5) is 25.3. The van der Waals surface area contributed by atoms with Gasteiger partial charge in [0.2, 0.25) is 11.8 Å². The minimum Gasteiger partial charge on any atom is -0.354 e. The summed E-state index contributed by atoms with van der Waals surface area (Å²) in [5.74, 6) is -0.257.